The molecule has 3 rings (SSSR count). The smallest absolute Gasteiger partial charge is 0.307 e. The van der Waals surface area contributed by atoms with Crippen molar-refractivity contribution in [1.29, 1.82) is 0 Å². The van der Waals surface area contributed by atoms with Crippen LogP contribution in [0.5, 0.6) is 5.75 Å². The third-order valence-corrected chi connectivity index (χ3v) is 6.41. The maximum Gasteiger partial charge on any atom is 0.307 e. The predicted molar refractivity (Wildman–Crippen MR) is 155 cm³/mol. The second-order valence-corrected chi connectivity index (χ2v) is 9.95. The molecule has 3 aromatic rings. The lowest BCUT2D eigenvalue weighted by atomic mass is 9.96. The zero-order valence-corrected chi connectivity index (χ0v) is 24.1. The molecule has 2 aromatic carbocycles. The highest BCUT2D eigenvalue weighted by Gasteiger charge is 2.21. The van der Waals surface area contributed by atoms with Gasteiger partial charge in [0.1, 0.15) is 5.75 Å². The minimum absolute atomic E-state index is 0.0533. The van der Waals surface area contributed by atoms with Gasteiger partial charge in [0.15, 0.2) is 0 Å². The Hall–Kier alpha value is -3.81. The van der Waals surface area contributed by atoms with Gasteiger partial charge >= 0.3 is 5.97 Å². The first-order valence-electron chi connectivity index (χ1n) is 13.8. The van der Waals surface area contributed by atoms with E-state index in [-0.39, 0.29) is 24.3 Å². The van der Waals surface area contributed by atoms with Crippen LogP contribution < -0.4 is 10.1 Å². The van der Waals surface area contributed by atoms with E-state index < -0.39 is 0 Å². The molecule has 1 heterocycles. The fourth-order valence-electron chi connectivity index (χ4n) is 4.46. The quantitative estimate of drug-likeness (QED) is 0.253. The lowest BCUT2D eigenvalue weighted by Crippen LogP contribution is -2.29. The summed E-state index contributed by atoms with van der Waals surface area (Å²) in [5.41, 5.74) is 4.67. The number of nitrogens with zero attached hydrogens (tertiary/aromatic N) is 3. The Balaban J connectivity index is 1.78. The van der Waals surface area contributed by atoms with Gasteiger partial charge in [0.25, 0.3) is 5.91 Å². The summed E-state index contributed by atoms with van der Waals surface area (Å²) in [5, 5.41) is 8.59. The number of hydrogen-bond acceptors (Lipinski definition) is 6. The molecule has 1 atom stereocenters. The second-order valence-electron chi connectivity index (χ2n) is 9.95. The summed E-state index contributed by atoms with van der Waals surface area (Å²) < 4.78 is 12.6. The van der Waals surface area contributed by atoms with E-state index in [1.165, 1.54) is 0 Å². The van der Waals surface area contributed by atoms with Gasteiger partial charge in [-0.1, -0.05) is 26.8 Å². The SMILES string of the molecule is CCOC(=O)CCN(C)C(=O)c1ccc(NC(CC(C)C)c2cn(-c3cccc(OCC)c3)nc2CC)cc1. The number of aromatic nitrogens is 2. The molecule has 0 aliphatic heterocycles. The molecule has 39 heavy (non-hydrogen) atoms. The molecule has 210 valence electrons. The van der Waals surface area contributed by atoms with E-state index in [2.05, 4.69) is 32.3 Å². The number of carbonyl (C=O) groups is 2. The van der Waals surface area contributed by atoms with Crippen molar-refractivity contribution >= 4 is 17.6 Å². The number of amides is 1. The molecule has 8 heteroatoms. The molecule has 0 saturated heterocycles. The summed E-state index contributed by atoms with van der Waals surface area (Å²) in [6.07, 6.45) is 4.03. The lowest BCUT2D eigenvalue weighted by molar-refractivity contribution is -0.143. The number of rotatable bonds is 14. The fraction of sp³-hybridized carbons (Fsp3) is 0.452. The highest BCUT2D eigenvalue weighted by Crippen LogP contribution is 2.30. The Morgan fingerprint density at radius 2 is 1.79 bits per heavy atom. The van der Waals surface area contributed by atoms with E-state index in [1.54, 1.807) is 18.9 Å². The van der Waals surface area contributed by atoms with Crippen molar-refractivity contribution < 1.29 is 19.1 Å². The molecule has 0 spiro atoms. The molecule has 0 fully saturated rings. The van der Waals surface area contributed by atoms with Gasteiger partial charge < -0.3 is 19.7 Å². The molecule has 0 bridgehead atoms. The van der Waals surface area contributed by atoms with E-state index >= 15 is 0 Å². The van der Waals surface area contributed by atoms with Gasteiger partial charge in [0, 0.05) is 42.7 Å². The third kappa shape index (κ3) is 8.34. The van der Waals surface area contributed by atoms with Crippen LogP contribution in [0.15, 0.2) is 54.7 Å². The summed E-state index contributed by atoms with van der Waals surface area (Å²) >= 11 is 0. The average molecular weight is 535 g/mol. The van der Waals surface area contributed by atoms with Crippen LogP contribution in [0, 0.1) is 5.92 Å². The molecule has 0 saturated carbocycles. The van der Waals surface area contributed by atoms with E-state index in [9.17, 15) is 9.59 Å². The highest BCUT2D eigenvalue weighted by atomic mass is 16.5. The van der Waals surface area contributed by atoms with Gasteiger partial charge in [-0.15, -0.1) is 0 Å². The van der Waals surface area contributed by atoms with Crippen LogP contribution >= 0.6 is 0 Å². The first-order valence-corrected chi connectivity index (χ1v) is 13.8. The van der Waals surface area contributed by atoms with Gasteiger partial charge in [-0.3, -0.25) is 9.59 Å². The van der Waals surface area contributed by atoms with Crippen molar-refractivity contribution in [3.05, 3.63) is 71.5 Å². The van der Waals surface area contributed by atoms with Crippen LogP contribution in [-0.2, 0) is 16.0 Å². The Bertz CT molecular complexity index is 1220. The van der Waals surface area contributed by atoms with Gasteiger partial charge in [0.05, 0.1) is 37.1 Å². The second kappa shape index (κ2) is 14.4. The fourth-order valence-corrected chi connectivity index (χ4v) is 4.46. The summed E-state index contributed by atoms with van der Waals surface area (Å²) in [5.74, 6) is 0.854. The Kier molecular flexibility index (Phi) is 11.0. The third-order valence-electron chi connectivity index (χ3n) is 6.41. The molecule has 0 aliphatic rings. The van der Waals surface area contributed by atoms with Crippen LogP contribution in [0.2, 0.25) is 0 Å². The minimum Gasteiger partial charge on any atom is -0.494 e. The topological polar surface area (TPSA) is 85.7 Å². The monoisotopic (exact) mass is 534 g/mol. The first kappa shape index (κ1) is 29.7. The van der Waals surface area contributed by atoms with Crippen molar-refractivity contribution in [3.8, 4) is 11.4 Å². The standard InChI is InChI=1S/C31H42N4O4/c1-7-28-27(21-35(33-28)25-11-10-12-26(20-25)38-8-2)29(19-22(4)5)32-24-15-13-23(14-16-24)31(37)34(6)18-17-30(36)39-9-3/h10-16,20-22,29,32H,7-9,17-19H2,1-6H3. The normalized spacial score (nSPS) is 11.8. The van der Waals surface area contributed by atoms with Crippen molar-refractivity contribution in [2.75, 3.05) is 32.1 Å². The number of aryl methyl sites for hydroxylation is 1. The molecule has 0 radical (unpaired) electrons. The molecular formula is C31H42N4O4. The Morgan fingerprint density at radius 1 is 1.05 bits per heavy atom. The summed E-state index contributed by atoms with van der Waals surface area (Å²) in [4.78, 5) is 26.0. The van der Waals surface area contributed by atoms with Crippen LogP contribution in [0.4, 0.5) is 5.69 Å². The molecule has 1 amide bonds. The van der Waals surface area contributed by atoms with Gasteiger partial charge in [-0.05, 0) is 69.0 Å². The van der Waals surface area contributed by atoms with E-state index in [0.29, 0.717) is 31.2 Å². The van der Waals surface area contributed by atoms with Crippen molar-refractivity contribution in [2.45, 2.75) is 59.9 Å². The molecule has 1 N–H and O–H groups in total. The van der Waals surface area contributed by atoms with Crippen LogP contribution in [0.3, 0.4) is 0 Å². The average Bonchev–Trinajstić information content (AvgIpc) is 3.36. The molecule has 1 unspecified atom stereocenters. The van der Waals surface area contributed by atoms with Gasteiger partial charge in [-0.2, -0.15) is 5.10 Å². The van der Waals surface area contributed by atoms with E-state index in [1.807, 2.05) is 60.1 Å². The zero-order valence-electron chi connectivity index (χ0n) is 24.1. The van der Waals surface area contributed by atoms with Crippen molar-refractivity contribution in [3.63, 3.8) is 0 Å². The number of esters is 1. The number of carbonyl (C=O) groups excluding carboxylic acids is 2. The molecular weight excluding hydrogens is 492 g/mol. The van der Waals surface area contributed by atoms with Crippen LogP contribution in [0.25, 0.3) is 5.69 Å². The molecule has 8 nitrogen and oxygen atoms in total. The van der Waals surface area contributed by atoms with Crippen LogP contribution in [0.1, 0.15) is 75.1 Å². The largest absolute Gasteiger partial charge is 0.494 e. The van der Waals surface area contributed by atoms with E-state index in [4.69, 9.17) is 14.6 Å². The maximum absolute atomic E-state index is 12.8. The maximum atomic E-state index is 12.8. The number of benzene rings is 2. The predicted octanol–water partition coefficient (Wildman–Crippen LogP) is 6.06. The Labute approximate surface area is 232 Å². The van der Waals surface area contributed by atoms with Crippen LogP contribution in [-0.4, -0.2) is 53.4 Å². The first-order chi connectivity index (χ1) is 18.7. The highest BCUT2D eigenvalue weighted by molar-refractivity contribution is 5.94. The summed E-state index contributed by atoms with van der Waals surface area (Å²) in [7, 11) is 1.69. The van der Waals surface area contributed by atoms with Crippen molar-refractivity contribution in [2.24, 2.45) is 5.92 Å². The number of nitrogens with one attached hydrogen (secondary N) is 1. The van der Waals surface area contributed by atoms with Gasteiger partial charge in [-0.25, -0.2) is 4.68 Å². The number of hydrogen-bond donors (Lipinski definition) is 1. The number of anilines is 1. The summed E-state index contributed by atoms with van der Waals surface area (Å²) in [6, 6.07) is 15.5. The Morgan fingerprint density at radius 3 is 2.44 bits per heavy atom. The molecule has 1 aromatic heterocycles. The minimum atomic E-state index is -0.301. The number of ether oxygens (including phenoxy) is 2. The van der Waals surface area contributed by atoms with Crippen molar-refractivity contribution in [1.82, 2.24) is 14.7 Å². The van der Waals surface area contributed by atoms with Gasteiger partial charge in [0.2, 0.25) is 0 Å². The zero-order chi connectivity index (χ0) is 28.4. The lowest BCUT2D eigenvalue weighted by Gasteiger charge is -2.22. The van der Waals surface area contributed by atoms with E-state index in [0.717, 1.165) is 41.2 Å². The molecule has 0 aliphatic carbocycles. The summed E-state index contributed by atoms with van der Waals surface area (Å²) in [6.45, 7) is 11.6.